The summed E-state index contributed by atoms with van der Waals surface area (Å²) in [5, 5.41) is 3.31. The fourth-order valence-electron chi connectivity index (χ4n) is 2.43. The van der Waals surface area contributed by atoms with Crippen LogP contribution >= 0.6 is 0 Å². The number of sulfonamides is 1. The molecule has 2 atom stereocenters. The Kier molecular flexibility index (Phi) is 3.99. The number of hydrogen-bond acceptors (Lipinski definition) is 3. The first-order valence-corrected chi connectivity index (χ1v) is 8.09. The Hall–Kier alpha value is -0.910. The molecule has 1 N–H and O–H groups in total. The second-order valence-electron chi connectivity index (χ2n) is 5.50. The minimum atomic E-state index is -3.40. The van der Waals surface area contributed by atoms with E-state index in [0.717, 1.165) is 11.1 Å². The molecule has 0 spiro atoms. The normalized spacial score (nSPS) is 25.5. The number of nitrogens with one attached hydrogen (secondary N) is 1. The summed E-state index contributed by atoms with van der Waals surface area (Å²) in [7, 11) is -3.40. The average molecular weight is 282 g/mol. The molecule has 19 heavy (non-hydrogen) atoms. The maximum Gasteiger partial charge on any atom is 0.243 e. The topological polar surface area (TPSA) is 49.4 Å². The van der Waals surface area contributed by atoms with Crippen LogP contribution in [0.4, 0.5) is 0 Å². The van der Waals surface area contributed by atoms with Gasteiger partial charge < -0.3 is 5.32 Å². The molecule has 4 nitrogen and oxygen atoms in total. The molecular formula is C14H22N2O2S. The van der Waals surface area contributed by atoms with Gasteiger partial charge in [-0.3, -0.25) is 0 Å². The van der Waals surface area contributed by atoms with Crippen molar-refractivity contribution in [1.29, 1.82) is 0 Å². The molecule has 5 heteroatoms. The third-order valence-corrected chi connectivity index (χ3v) is 5.76. The van der Waals surface area contributed by atoms with Gasteiger partial charge in [-0.25, -0.2) is 8.42 Å². The summed E-state index contributed by atoms with van der Waals surface area (Å²) in [5.74, 6) is 0. The van der Waals surface area contributed by atoms with Gasteiger partial charge >= 0.3 is 0 Å². The largest absolute Gasteiger partial charge is 0.311 e. The summed E-state index contributed by atoms with van der Waals surface area (Å²) in [5.41, 5.74) is 1.78. The second-order valence-corrected chi connectivity index (χ2v) is 7.36. The molecule has 0 radical (unpaired) electrons. The van der Waals surface area contributed by atoms with E-state index >= 15 is 0 Å². The van der Waals surface area contributed by atoms with Crippen LogP contribution in [0.2, 0.25) is 0 Å². The van der Waals surface area contributed by atoms with Gasteiger partial charge in [-0.2, -0.15) is 4.31 Å². The molecule has 0 saturated carbocycles. The van der Waals surface area contributed by atoms with E-state index in [2.05, 4.69) is 5.32 Å². The van der Waals surface area contributed by atoms with E-state index in [0.29, 0.717) is 18.0 Å². The van der Waals surface area contributed by atoms with Crippen molar-refractivity contribution in [3.63, 3.8) is 0 Å². The third kappa shape index (κ3) is 2.83. The van der Waals surface area contributed by atoms with E-state index in [-0.39, 0.29) is 12.1 Å². The van der Waals surface area contributed by atoms with E-state index in [1.54, 1.807) is 10.4 Å². The molecule has 1 aliphatic rings. The average Bonchev–Trinajstić information content (AvgIpc) is 2.35. The molecule has 1 aromatic carbocycles. The Bertz CT molecular complexity index is 569. The van der Waals surface area contributed by atoms with Crippen molar-refractivity contribution < 1.29 is 8.42 Å². The monoisotopic (exact) mass is 282 g/mol. The van der Waals surface area contributed by atoms with Gasteiger partial charge in [-0.1, -0.05) is 12.1 Å². The Labute approximate surface area is 115 Å². The zero-order chi connectivity index (χ0) is 14.2. The Morgan fingerprint density at radius 3 is 2.63 bits per heavy atom. The lowest BCUT2D eigenvalue weighted by molar-refractivity contribution is 0.244. The van der Waals surface area contributed by atoms with E-state index in [1.807, 2.05) is 39.8 Å². The zero-order valence-electron chi connectivity index (χ0n) is 12.0. The lowest BCUT2D eigenvalue weighted by Crippen LogP contribution is -2.56. The van der Waals surface area contributed by atoms with Crippen molar-refractivity contribution in [2.45, 2.75) is 44.7 Å². The number of aryl methyl sites for hydroxylation is 2. The molecule has 106 valence electrons. The Morgan fingerprint density at radius 2 is 1.95 bits per heavy atom. The molecule has 1 fully saturated rings. The van der Waals surface area contributed by atoms with Crippen molar-refractivity contribution >= 4 is 10.0 Å². The summed E-state index contributed by atoms with van der Waals surface area (Å²) >= 11 is 0. The van der Waals surface area contributed by atoms with Crippen LogP contribution in [0.15, 0.2) is 23.1 Å². The predicted octanol–water partition coefficient (Wildman–Crippen LogP) is 1.67. The highest BCUT2D eigenvalue weighted by Crippen LogP contribution is 2.24. The third-order valence-electron chi connectivity index (χ3n) is 3.64. The molecule has 0 amide bonds. The molecule has 1 heterocycles. The van der Waals surface area contributed by atoms with Crippen LogP contribution in [0, 0.1) is 13.8 Å². The smallest absolute Gasteiger partial charge is 0.243 e. The molecule has 2 rings (SSSR count). The summed E-state index contributed by atoms with van der Waals surface area (Å²) < 4.78 is 27.2. The fourth-order valence-corrected chi connectivity index (χ4v) is 4.47. The highest BCUT2D eigenvalue weighted by atomic mass is 32.2. The van der Waals surface area contributed by atoms with Gasteiger partial charge in [-0.15, -0.1) is 0 Å². The van der Waals surface area contributed by atoms with E-state index in [9.17, 15) is 8.42 Å². The summed E-state index contributed by atoms with van der Waals surface area (Å²) in [6.07, 6.45) is 0. The first kappa shape index (κ1) is 14.5. The Balaban J connectivity index is 2.44. The van der Waals surface area contributed by atoms with Gasteiger partial charge in [0.25, 0.3) is 0 Å². The number of nitrogens with zero attached hydrogens (tertiary/aromatic N) is 1. The van der Waals surface area contributed by atoms with Crippen LogP contribution in [0.25, 0.3) is 0 Å². The van der Waals surface area contributed by atoms with Crippen molar-refractivity contribution in [2.75, 3.05) is 13.1 Å². The van der Waals surface area contributed by atoms with E-state index < -0.39 is 10.0 Å². The van der Waals surface area contributed by atoms with Crippen LogP contribution in [-0.4, -0.2) is 37.9 Å². The van der Waals surface area contributed by atoms with Crippen molar-refractivity contribution in [3.8, 4) is 0 Å². The van der Waals surface area contributed by atoms with Crippen LogP contribution in [-0.2, 0) is 10.0 Å². The summed E-state index contributed by atoms with van der Waals surface area (Å²) in [4.78, 5) is 0.438. The molecular weight excluding hydrogens is 260 g/mol. The minimum Gasteiger partial charge on any atom is -0.311 e. The van der Waals surface area contributed by atoms with Crippen molar-refractivity contribution in [1.82, 2.24) is 9.62 Å². The van der Waals surface area contributed by atoms with Crippen LogP contribution in [0.3, 0.4) is 0 Å². The first-order valence-electron chi connectivity index (χ1n) is 6.65. The maximum atomic E-state index is 12.8. The lowest BCUT2D eigenvalue weighted by atomic mass is 10.2. The van der Waals surface area contributed by atoms with Gasteiger partial charge in [0.1, 0.15) is 0 Å². The fraction of sp³-hybridized carbons (Fsp3) is 0.571. The number of piperazine rings is 1. The van der Waals surface area contributed by atoms with Crippen LogP contribution in [0.5, 0.6) is 0 Å². The number of rotatable bonds is 2. The maximum absolute atomic E-state index is 12.8. The predicted molar refractivity (Wildman–Crippen MR) is 76.7 cm³/mol. The summed E-state index contributed by atoms with van der Waals surface area (Å²) in [6, 6.07) is 5.76. The van der Waals surface area contributed by atoms with Gasteiger partial charge in [0, 0.05) is 25.2 Å². The van der Waals surface area contributed by atoms with Crippen molar-refractivity contribution in [2.24, 2.45) is 0 Å². The number of benzene rings is 1. The molecule has 0 aromatic heterocycles. The highest BCUT2D eigenvalue weighted by Gasteiger charge is 2.34. The summed E-state index contributed by atoms with van der Waals surface area (Å²) in [6.45, 7) is 8.95. The molecule has 2 unspecified atom stereocenters. The van der Waals surface area contributed by atoms with Gasteiger partial charge in [0.2, 0.25) is 10.0 Å². The van der Waals surface area contributed by atoms with E-state index in [4.69, 9.17) is 0 Å². The van der Waals surface area contributed by atoms with Crippen molar-refractivity contribution in [3.05, 3.63) is 29.3 Å². The van der Waals surface area contributed by atoms with Gasteiger partial charge in [0.05, 0.1) is 4.90 Å². The second kappa shape index (κ2) is 5.23. The molecule has 1 aliphatic heterocycles. The molecule has 1 saturated heterocycles. The van der Waals surface area contributed by atoms with Gasteiger partial charge in [-0.05, 0) is 44.9 Å². The van der Waals surface area contributed by atoms with E-state index in [1.165, 1.54) is 0 Å². The standard InChI is InChI=1S/C14H22N2O2S/c1-10-5-6-11(2)14(7-10)19(17,18)16-9-12(3)15-8-13(16)4/h5-7,12-13,15H,8-9H2,1-4H3. The van der Waals surface area contributed by atoms with Crippen LogP contribution in [0.1, 0.15) is 25.0 Å². The Morgan fingerprint density at radius 1 is 1.26 bits per heavy atom. The highest BCUT2D eigenvalue weighted by molar-refractivity contribution is 7.89. The minimum absolute atomic E-state index is 0.0129. The molecule has 0 bridgehead atoms. The quantitative estimate of drug-likeness (QED) is 0.898. The van der Waals surface area contributed by atoms with Crippen LogP contribution < -0.4 is 5.32 Å². The van der Waals surface area contributed by atoms with Gasteiger partial charge in [0.15, 0.2) is 0 Å². The molecule has 0 aliphatic carbocycles. The molecule has 1 aromatic rings. The zero-order valence-corrected chi connectivity index (χ0v) is 12.8. The lowest BCUT2D eigenvalue weighted by Gasteiger charge is -2.36. The number of hydrogen-bond donors (Lipinski definition) is 1. The first-order chi connectivity index (χ1) is 8.82. The SMILES string of the molecule is Cc1ccc(C)c(S(=O)(=O)N2CC(C)NCC2C)c1.